The summed E-state index contributed by atoms with van der Waals surface area (Å²) in [7, 11) is 1.81. The van der Waals surface area contributed by atoms with Crippen molar-refractivity contribution in [3.05, 3.63) is 29.3 Å². The van der Waals surface area contributed by atoms with E-state index in [-0.39, 0.29) is 23.9 Å². The van der Waals surface area contributed by atoms with Gasteiger partial charge in [0, 0.05) is 36.8 Å². The second-order valence-corrected chi connectivity index (χ2v) is 5.25. The summed E-state index contributed by atoms with van der Waals surface area (Å²) in [5.41, 5.74) is 2.50. The predicted molar refractivity (Wildman–Crippen MR) is 73.5 cm³/mol. The number of amides is 1. The fraction of sp³-hybridized carbons (Fsp3) is 0.400. The number of hydrogen-bond acceptors (Lipinski definition) is 4. The van der Waals surface area contributed by atoms with Gasteiger partial charge in [0.1, 0.15) is 5.78 Å². The molecule has 0 bridgehead atoms. The Kier molecular flexibility index (Phi) is 3.04. The Balaban J connectivity index is 1.90. The minimum atomic E-state index is -0.447. The number of anilines is 1. The van der Waals surface area contributed by atoms with Crippen LogP contribution in [0.1, 0.15) is 35.2 Å². The molecule has 1 aliphatic carbocycles. The zero-order valence-corrected chi connectivity index (χ0v) is 11.3. The van der Waals surface area contributed by atoms with Crippen LogP contribution in [0.25, 0.3) is 0 Å². The molecule has 1 aromatic carbocycles. The maximum atomic E-state index is 12.5. The van der Waals surface area contributed by atoms with Crippen LogP contribution in [0.15, 0.2) is 18.2 Å². The summed E-state index contributed by atoms with van der Waals surface area (Å²) in [5.74, 6) is -0.260. The average molecular weight is 272 g/mol. The summed E-state index contributed by atoms with van der Waals surface area (Å²) in [4.78, 5) is 37.4. The molecule has 2 aliphatic rings. The number of Topliss-reactive ketones (excluding diaryl/α,β-unsaturated/α-hetero) is 2. The number of nitrogens with zero attached hydrogens (tertiary/aromatic N) is 1. The van der Waals surface area contributed by atoms with Crippen LogP contribution in [0.3, 0.4) is 0 Å². The van der Waals surface area contributed by atoms with E-state index >= 15 is 0 Å². The second-order valence-electron chi connectivity index (χ2n) is 5.25. The van der Waals surface area contributed by atoms with E-state index in [4.69, 9.17) is 0 Å². The lowest BCUT2D eigenvalue weighted by Crippen LogP contribution is -2.44. The predicted octanol–water partition coefficient (Wildman–Crippen LogP) is 1.37. The highest BCUT2D eigenvalue weighted by Crippen LogP contribution is 2.32. The SMILES string of the molecule is CNc1cccc2c1CN(C1CCC(=O)CC1=O)C2=O. The van der Waals surface area contributed by atoms with Crippen LogP contribution in [0.2, 0.25) is 0 Å². The van der Waals surface area contributed by atoms with Crippen LogP contribution >= 0.6 is 0 Å². The van der Waals surface area contributed by atoms with Crippen LogP contribution in [0.4, 0.5) is 5.69 Å². The summed E-state index contributed by atoms with van der Waals surface area (Å²) in [6.07, 6.45) is 0.797. The van der Waals surface area contributed by atoms with Crippen molar-refractivity contribution in [3.8, 4) is 0 Å². The molecular formula is C15H16N2O3. The molecule has 1 N–H and O–H groups in total. The van der Waals surface area contributed by atoms with E-state index in [0.29, 0.717) is 24.9 Å². The van der Waals surface area contributed by atoms with Crippen LogP contribution in [0, 0.1) is 0 Å². The molecule has 1 heterocycles. The number of nitrogens with one attached hydrogen (secondary N) is 1. The van der Waals surface area contributed by atoms with Gasteiger partial charge in [-0.1, -0.05) is 6.07 Å². The molecule has 1 saturated carbocycles. The number of ketones is 2. The Morgan fingerprint density at radius 1 is 1.25 bits per heavy atom. The van der Waals surface area contributed by atoms with Gasteiger partial charge in [-0.05, 0) is 18.6 Å². The van der Waals surface area contributed by atoms with E-state index in [1.165, 1.54) is 0 Å². The van der Waals surface area contributed by atoms with Crippen molar-refractivity contribution in [1.82, 2.24) is 4.90 Å². The molecule has 5 nitrogen and oxygen atoms in total. The van der Waals surface area contributed by atoms with Crippen LogP contribution < -0.4 is 5.32 Å². The topological polar surface area (TPSA) is 66.5 Å². The lowest BCUT2D eigenvalue weighted by molar-refractivity contribution is -0.133. The average Bonchev–Trinajstić information content (AvgIpc) is 2.76. The van der Waals surface area contributed by atoms with Crippen molar-refractivity contribution in [2.24, 2.45) is 0 Å². The zero-order chi connectivity index (χ0) is 14.3. The van der Waals surface area contributed by atoms with Crippen molar-refractivity contribution in [2.75, 3.05) is 12.4 Å². The van der Waals surface area contributed by atoms with Gasteiger partial charge in [-0.25, -0.2) is 0 Å². The van der Waals surface area contributed by atoms with Crippen molar-refractivity contribution < 1.29 is 14.4 Å². The first-order valence-corrected chi connectivity index (χ1v) is 6.77. The van der Waals surface area contributed by atoms with E-state index in [9.17, 15) is 14.4 Å². The molecule has 0 aromatic heterocycles. The number of hydrogen-bond donors (Lipinski definition) is 1. The van der Waals surface area contributed by atoms with Crippen molar-refractivity contribution in [1.29, 1.82) is 0 Å². The molecular weight excluding hydrogens is 256 g/mol. The molecule has 1 fully saturated rings. The maximum absolute atomic E-state index is 12.5. The summed E-state index contributed by atoms with van der Waals surface area (Å²) in [6.45, 7) is 0.440. The minimum Gasteiger partial charge on any atom is -0.388 e. The van der Waals surface area contributed by atoms with E-state index in [1.54, 1.807) is 11.0 Å². The zero-order valence-electron chi connectivity index (χ0n) is 11.3. The molecule has 1 unspecified atom stereocenters. The minimum absolute atomic E-state index is 0.0219. The normalized spacial score (nSPS) is 22.1. The quantitative estimate of drug-likeness (QED) is 0.826. The largest absolute Gasteiger partial charge is 0.388 e. The highest BCUT2D eigenvalue weighted by atomic mass is 16.2. The molecule has 0 spiro atoms. The van der Waals surface area contributed by atoms with E-state index in [2.05, 4.69) is 5.32 Å². The van der Waals surface area contributed by atoms with Crippen LogP contribution in [-0.2, 0) is 16.1 Å². The van der Waals surface area contributed by atoms with Crippen molar-refractivity contribution in [2.45, 2.75) is 31.8 Å². The molecule has 1 aromatic rings. The molecule has 3 rings (SSSR count). The number of rotatable bonds is 2. The molecule has 1 atom stereocenters. The van der Waals surface area contributed by atoms with Gasteiger partial charge >= 0.3 is 0 Å². The van der Waals surface area contributed by atoms with E-state index in [1.807, 2.05) is 19.2 Å². The molecule has 5 heteroatoms. The lowest BCUT2D eigenvalue weighted by Gasteiger charge is -2.29. The number of carbonyl (C=O) groups is 3. The molecule has 104 valence electrons. The van der Waals surface area contributed by atoms with Crippen LogP contribution in [0.5, 0.6) is 0 Å². The third kappa shape index (κ3) is 1.90. The van der Waals surface area contributed by atoms with Gasteiger partial charge in [0.15, 0.2) is 5.78 Å². The van der Waals surface area contributed by atoms with Gasteiger partial charge in [-0.3, -0.25) is 14.4 Å². The van der Waals surface area contributed by atoms with Gasteiger partial charge in [0.05, 0.1) is 12.5 Å². The number of fused-ring (bicyclic) bond motifs is 1. The second kappa shape index (κ2) is 4.74. The van der Waals surface area contributed by atoms with Crippen molar-refractivity contribution in [3.63, 3.8) is 0 Å². The number of benzene rings is 1. The Labute approximate surface area is 116 Å². The summed E-state index contributed by atoms with van der Waals surface area (Å²) >= 11 is 0. The monoisotopic (exact) mass is 272 g/mol. The molecule has 1 amide bonds. The van der Waals surface area contributed by atoms with Gasteiger partial charge in [-0.2, -0.15) is 0 Å². The Bertz CT molecular complexity index is 609. The summed E-state index contributed by atoms with van der Waals surface area (Å²) in [6, 6.07) is 5.09. The Hall–Kier alpha value is -2.17. The third-order valence-corrected chi connectivity index (χ3v) is 4.08. The first kappa shape index (κ1) is 12.8. The fourth-order valence-electron chi connectivity index (χ4n) is 3.03. The molecule has 20 heavy (non-hydrogen) atoms. The summed E-state index contributed by atoms with van der Waals surface area (Å²) in [5, 5.41) is 3.07. The first-order valence-electron chi connectivity index (χ1n) is 6.77. The Morgan fingerprint density at radius 3 is 2.75 bits per heavy atom. The van der Waals surface area contributed by atoms with Gasteiger partial charge in [-0.15, -0.1) is 0 Å². The molecule has 0 saturated heterocycles. The van der Waals surface area contributed by atoms with Gasteiger partial charge in [0.2, 0.25) is 0 Å². The smallest absolute Gasteiger partial charge is 0.255 e. The Morgan fingerprint density at radius 2 is 2.05 bits per heavy atom. The van der Waals surface area contributed by atoms with Crippen molar-refractivity contribution >= 4 is 23.2 Å². The summed E-state index contributed by atoms with van der Waals surface area (Å²) < 4.78 is 0. The first-order chi connectivity index (χ1) is 9.61. The fourth-order valence-corrected chi connectivity index (χ4v) is 3.03. The van der Waals surface area contributed by atoms with Gasteiger partial charge in [0.25, 0.3) is 5.91 Å². The third-order valence-electron chi connectivity index (χ3n) is 4.08. The van der Waals surface area contributed by atoms with E-state index < -0.39 is 6.04 Å². The highest BCUT2D eigenvalue weighted by Gasteiger charge is 2.39. The van der Waals surface area contributed by atoms with Crippen LogP contribution in [-0.4, -0.2) is 35.5 Å². The number of carbonyl (C=O) groups excluding carboxylic acids is 3. The lowest BCUT2D eigenvalue weighted by atomic mass is 9.92. The maximum Gasteiger partial charge on any atom is 0.255 e. The van der Waals surface area contributed by atoms with E-state index in [0.717, 1.165) is 11.3 Å². The standard InChI is InChI=1S/C15H16N2O3/c1-16-12-4-2-3-10-11(12)8-17(15(10)20)13-6-5-9(18)7-14(13)19/h2-4,13,16H,5-8H2,1H3. The molecule has 1 aliphatic heterocycles. The molecule has 0 radical (unpaired) electrons. The highest BCUT2D eigenvalue weighted by molar-refractivity contribution is 6.08. The van der Waals surface area contributed by atoms with Gasteiger partial charge < -0.3 is 10.2 Å².